The van der Waals surface area contributed by atoms with Gasteiger partial charge in [0.2, 0.25) is 5.91 Å². The molecule has 2 heterocycles. The average Bonchev–Trinajstić information content (AvgIpc) is 3.04. The minimum Gasteiger partial charge on any atom is -0.356 e. The van der Waals surface area contributed by atoms with Crippen molar-refractivity contribution in [2.24, 2.45) is 4.99 Å². The highest BCUT2D eigenvalue weighted by Crippen LogP contribution is 2.17. The fourth-order valence-corrected chi connectivity index (χ4v) is 3.73. The van der Waals surface area contributed by atoms with E-state index < -0.39 is 0 Å². The number of amides is 1. The number of hydrogen-bond donors (Lipinski definition) is 2. The highest BCUT2D eigenvalue weighted by Gasteiger charge is 2.26. The molecule has 24 heavy (non-hydrogen) atoms. The van der Waals surface area contributed by atoms with Crippen molar-refractivity contribution in [3.63, 3.8) is 0 Å². The summed E-state index contributed by atoms with van der Waals surface area (Å²) in [4.78, 5) is 20.8. The summed E-state index contributed by atoms with van der Waals surface area (Å²) in [5, 5.41) is 6.80. The Morgan fingerprint density at radius 3 is 2.50 bits per heavy atom. The molecule has 2 aliphatic heterocycles. The number of aliphatic imine (C=N–C) groups is 1. The van der Waals surface area contributed by atoms with Gasteiger partial charge < -0.3 is 20.4 Å². The smallest absolute Gasteiger partial charge is 0.222 e. The molecule has 1 amide bonds. The van der Waals surface area contributed by atoms with Crippen molar-refractivity contribution in [2.45, 2.75) is 57.9 Å². The molecule has 2 saturated heterocycles. The molecule has 0 spiro atoms. The number of hydrogen-bond acceptors (Lipinski definition) is 3. The first-order valence-corrected chi connectivity index (χ1v) is 9.71. The van der Waals surface area contributed by atoms with Gasteiger partial charge in [0, 0.05) is 45.7 Å². The van der Waals surface area contributed by atoms with E-state index in [9.17, 15) is 4.79 Å². The Morgan fingerprint density at radius 1 is 1.12 bits per heavy atom. The van der Waals surface area contributed by atoms with E-state index in [1.54, 1.807) is 0 Å². The van der Waals surface area contributed by atoms with Crippen LogP contribution in [0.4, 0.5) is 0 Å². The highest BCUT2D eigenvalue weighted by atomic mass is 16.2. The lowest BCUT2D eigenvalue weighted by atomic mass is 10.1. The Hall–Kier alpha value is -1.30. The van der Waals surface area contributed by atoms with Crippen molar-refractivity contribution in [1.82, 2.24) is 20.4 Å². The molecule has 2 N–H and O–H groups in total. The van der Waals surface area contributed by atoms with E-state index in [4.69, 9.17) is 0 Å². The number of rotatable bonds is 8. The molecule has 2 aliphatic rings. The number of piperidine rings is 1. The zero-order valence-electron chi connectivity index (χ0n) is 15.5. The van der Waals surface area contributed by atoms with Crippen LogP contribution in [0.3, 0.4) is 0 Å². The SMILES string of the molecule is CCC(CCNC(=NC)NCCN1CCCCC1)N1CCCC1=O. The Kier molecular flexibility index (Phi) is 8.36. The van der Waals surface area contributed by atoms with Gasteiger partial charge in [-0.1, -0.05) is 13.3 Å². The van der Waals surface area contributed by atoms with Crippen molar-refractivity contribution in [2.75, 3.05) is 46.3 Å². The second-order valence-corrected chi connectivity index (χ2v) is 6.87. The number of nitrogens with zero attached hydrogens (tertiary/aromatic N) is 3. The first-order valence-electron chi connectivity index (χ1n) is 9.71. The van der Waals surface area contributed by atoms with E-state index in [0.29, 0.717) is 11.9 Å². The molecule has 0 saturated carbocycles. The summed E-state index contributed by atoms with van der Waals surface area (Å²) < 4.78 is 0. The van der Waals surface area contributed by atoms with Gasteiger partial charge in [-0.05, 0) is 45.2 Å². The van der Waals surface area contributed by atoms with Gasteiger partial charge in [-0.3, -0.25) is 9.79 Å². The van der Waals surface area contributed by atoms with Gasteiger partial charge in [-0.15, -0.1) is 0 Å². The second kappa shape index (κ2) is 10.5. The van der Waals surface area contributed by atoms with Crippen LogP contribution in [0.25, 0.3) is 0 Å². The molecule has 0 aliphatic carbocycles. The van der Waals surface area contributed by atoms with Crippen LogP contribution in [-0.4, -0.2) is 74.0 Å². The molecule has 0 radical (unpaired) electrons. The van der Waals surface area contributed by atoms with Crippen LogP contribution in [0.5, 0.6) is 0 Å². The van der Waals surface area contributed by atoms with E-state index >= 15 is 0 Å². The summed E-state index contributed by atoms with van der Waals surface area (Å²) in [6, 6.07) is 0.360. The molecule has 0 bridgehead atoms. The standard InChI is InChI=1S/C18H35N5O/c1-3-16(23-14-7-8-17(23)24)9-10-20-18(19-2)21-11-15-22-12-5-4-6-13-22/h16H,3-15H2,1-2H3,(H2,19,20,21). The normalized spacial score (nSPS) is 21.2. The molecule has 138 valence electrons. The first-order chi connectivity index (χ1) is 11.7. The third kappa shape index (κ3) is 5.96. The Bertz CT molecular complexity index is 406. The largest absolute Gasteiger partial charge is 0.356 e. The summed E-state index contributed by atoms with van der Waals surface area (Å²) in [6.45, 7) is 8.43. The fraction of sp³-hybridized carbons (Fsp3) is 0.889. The summed E-state index contributed by atoms with van der Waals surface area (Å²) in [5.41, 5.74) is 0. The number of carbonyl (C=O) groups is 1. The Labute approximate surface area is 147 Å². The van der Waals surface area contributed by atoms with Crippen LogP contribution < -0.4 is 10.6 Å². The van der Waals surface area contributed by atoms with E-state index in [0.717, 1.165) is 57.8 Å². The maximum atomic E-state index is 11.9. The topological polar surface area (TPSA) is 60.0 Å². The van der Waals surface area contributed by atoms with E-state index in [2.05, 4.69) is 32.3 Å². The van der Waals surface area contributed by atoms with Crippen LogP contribution in [-0.2, 0) is 4.79 Å². The lowest BCUT2D eigenvalue weighted by molar-refractivity contribution is -0.129. The van der Waals surface area contributed by atoms with Crippen LogP contribution in [0.1, 0.15) is 51.9 Å². The lowest BCUT2D eigenvalue weighted by Crippen LogP contribution is -2.44. The van der Waals surface area contributed by atoms with Crippen molar-refractivity contribution >= 4 is 11.9 Å². The zero-order chi connectivity index (χ0) is 17.2. The third-order valence-corrected chi connectivity index (χ3v) is 5.18. The van der Waals surface area contributed by atoms with Gasteiger partial charge in [0.15, 0.2) is 5.96 Å². The number of carbonyl (C=O) groups excluding carboxylic acids is 1. The van der Waals surface area contributed by atoms with Crippen molar-refractivity contribution in [3.05, 3.63) is 0 Å². The molecule has 0 aromatic rings. The van der Waals surface area contributed by atoms with Crippen LogP contribution in [0.2, 0.25) is 0 Å². The van der Waals surface area contributed by atoms with Crippen LogP contribution in [0, 0.1) is 0 Å². The maximum Gasteiger partial charge on any atom is 0.222 e. The van der Waals surface area contributed by atoms with Crippen LogP contribution >= 0.6 is 0 Å². The summed E-state index contributed by atoms with van der Waals surface area (Å²) in [6.07, 6.45) is 7.79. The first kappa shape index (κ1) is 19.0. The Balaban J connectivity index is 1.62. The predicted octanol–water partition coefficient (Wildman–Crippen LogP) is 1.43. The van der Waals surface area contributed by atoms with Crippen molar-refractivity contribution in [1.29, 1.82) is 0 Å². The monoisotopic (exact) mass is 337 g/mol. The number of nitrogens with one attached hydrogen (secondary N) is 2. The molecule has 2 fully saturated rings. The van der Waals surface area contributed by atoms with Gasteiger partial charge in [0.05, 0.1) is 0 Å². The molecular weight excluding hydrogens is 302 g/mol. The summed E-state index contributed by atoms with van der Waals surface area (Å²) >= 11 is 0. The van der Waals surface area contributed by atoms with Gasteiger partial charge >= 0.3 is 0 Å². The van der Waals surface area contributed by atoms with Gasteiger partial charge in [-0.2, -0.15) is 0 Å². The van der Waals surface area contributed by atoms with E-state index in [1.807, 2.05) is 7.05 Å². The lowest BCUT2D eigenvalue weighted by Gasteiger charge is -2.28. The molecule has 1 atom stereocenters. The highest BCUT2D eigenvalue weighted by molar-refractivity contribution is 5.79. The zero-order valence-corrected chi connectivity index (χ0v) is 15.5. The number of likely N-dealkylation sites (tertiary alicyclic amines) is 2. The maximum absolute atomic E-state index is 11.9. The van der Waals surface area contributed by atoms with Gasteiger partial charge in [-0.25, -0.2) is 0 Å². The minimum absolute atomic E-state index is 0.325. The van der Waals surface area contributed by atoms with Crippen LogP contribution in [0.15, 0.2) is 4.99 Å². The number of guanidine groups is 1. The quantitative estimate of drug-likeness (QED) is 0.520. The molecule has 1 unspecified atom stereocenters. The molecule has 0 aromatic heterocycles. The van der Waals surface area contributed by atoms with E-state index in [-0.39, 0.29) is 0 Å². The molecule has 2 rings (SSSR count). The predicted molar refractivity (Wildman–Crippen MR) is 99.3 cm³/mol. The third-order valence-electron chi connectivity index (χ3n) is 5.18. The Morgan fingerprint density at radius 2 is 1.88 bits per heavy atom. The van der Waals surface area contributed by atoms with Gasteiger partial charge in [0.25, 0.3) is 0 Å². The average molecular weight is 338 g/mol. The summed E-state index contributed by atoms with van der Waals surface area (Å²) in [5.74, 6) is 1.19. The molecular formula is C18H35N5O. The molecule has 6 heteroatoms. The fourth-order valence-electron chi connectivity index (χ4n) is 3.73. The van der Waals surface area contributed by atoms with E-state index in [1.165, 1.54) is 32.4 Å². The molecule has 0 aromatic carbocycles. The molecule has 6 nitrogen and oxygen atoms in total. The second-order valence-electron chi connectivity index (χ2n) is 6.87. The minimum atomic E-state index is 0.325. The van der Waals surface area contributed by atoms with Gasteiger partial charge in [0.1, 0.15) is 0 Å². The van der Waals surface area contributed by atoms with Crippen molar-refractivity contribution < 1.29 is 4.79 Å². The van der Waals surface area contributed by atoms with Crippen molar-refractivity contribution in [3.8, 4) is 0 Å². The summed E-state index contributed by atoms with van der Waals surface area (Å²) in [7, 11) is 1.82.